The number of nitrogens with one attached hydrogen (secondary N) is 1. The molecule has 0 aliphatic carbocycles. The Kier molecular flexibility index (Phi) is 7.17. The molecule has 0 saturated carbocycles. The highest BCUT2D eigenvalue weighted by Crippen LogP contribution is 2.15. The number of amides is 1. The summed E-state index contributed by atoms with van der Waals surface area (Å²) in [6.07, 6.45) is 4.59. The van der Waals surface area contributed by atoms with Gasteiger partial charge in [-0.3, -0.25) is 4.79 Å². The Morgan fingerprint density at radius 1 is 1.32 bits per heavy atom. The Labute approximate surface area is 124 Å². The standard InChI is InChI=1S/C14H20Cl2N2O/c1-3-5-6-10(4-2)9-17-14(19)11-7-12(15)18-13(16)8-11/h7-8,10H,3-6,9H2,1-2H3,(H,17,19). The lowest BCUT2D eigenvalue weighted by Gasteiger charge is -2.15. The molecule has 0 aliphatic heterocycles. The summed E-state index contributed by atoms with van der Waals surface area (Å²) in [7, 11) is 0. The first-order valence-electron chi connectivity index (χ1n) is 6.68. The molecular weight excluding hydrogens is 283 g/mol. The fourth-order valence-electron chi connectivity index (χ4n) is 1.88. The zero-order valence-electron chi connectivity index (χ0n) is 11.4. The first-order chi connectivity index (χ1) is 9.06. The minimum Gasteiger partial charge on any atom is -0.352 e. The number of hydrogen-bond donors (Lipinski definition) is 1. The molecule has 0 aromatic carbocycles. The van der Waals surface area contributed by atoms with Crippen LogP contribution in [-0.2, 0) is 0 Å². The van der Waals surface area contributed by atoms with E-state index >= 15 is 0 Å². The van der Waals surface area contributed by atoms with E-state index in [2.05, 4.69) is 24.1 Å². The van der Waals surface area contributed by atoms with Gasteiger partial charge in [0.15, 0.2) is 0 Å². The summed E-state index contributed by atoms with van der Waals surface area (Å²) in [5, 5.41) is 3.39. The first-order valence-corrected chi connectivity index (χ1v) is 7.43. The second-order valence-corrected chi connectivity index (χ2v) is 5.40. The van der Waals surface area contributed by atoms with E-state index in [4.69, 9.17) is 23.2 Å². The minimum atomic E-state index is -0.152. The molecule has 0 fully saturated rings. The van der Waals surface area contributed by atoms with Gasteiger partial charge in [0.25, 0.3) is 5.91 Å². The van der Waals surface area contributed by atoms with Crippen LogP contribution in [0.15, 0.2) is 12.1 Å². The maximum atomic E-state index is 12.0. The molecule has 1 unspecified atom stereocenters. The van der Waals surface area contributed by atoms with Gasteiger partial charge in [0.1, 0.15) is 10.3 Å². The van der Waals surface area contributed by atoms with Gasteiger partial charge in [0.2, 0.25) is 0 Å². The van der Waals surface area contributed by atoms with Crippen molar-refractivity contribution < 1.29 is 4.79 Å². The molecule has 0 saturated heterocycles. The van der Waals surface area contributed by atoms with E-state index in [1.165, 1.54) is 25.0 Å². The van der Waals surface area contributed by atoms with Crippen LogP contribution in [0.2, 0.25) is 10.3 Å². The van der Waals surface area contributed by atoms with Crippen molar-refractivity contribution in [1.29, 1.82) is 0 Å². The van der Waals surface area contributed by atoms with Crippen LogP contribution in [0.25, 0.3) is 0 Å². The summed E-state index contributed by atoms with van der Waals surface area (Å²) in [6, 6.07) is 3.05. The molecule has 1 rings (SSSR count). The first kappa shape index (κ1) is 16.3. The molecule has 106 valence electrons. The lowest BCUT2D eigenvalue weighted by molar-refractivity contribution is 0.0945. The van der Waals surface area contributed by atoms with Gasteiger partial charge in [0.05, 0.1) is 0 Å². The Morgan fingerprint density at radius 2 is 1.95 bits per heavy atom. The van der Waals surface area contributed by atoms with Gasteiger partial charge in [-0.05, 0) is 24.5 Å². The van der Waals surface area contributed by atoms with Gasteiger partial charge >= 0.3 is 0 Å². The smallest absolute Gasteiger partial charge is 0.251 e. The molecule has 3 nitrogen and oxygen atoms in total. The highest BCUT2D eigenvalue weighted by atomic mass is 35.5. The Hall–Kier alpha value is -0.800. The van der Waals surface area contributed by atoms with Gasteiger partial charge in [-0.1, -0.05) is 56.3 Å². The summed E-state index contributed by atoms with van der Waals surface area (Å²) in [4.78, 5) is 15.8. The Morgan fingerprint density at radius 3 is 2.47 bits per heavy atom. The molecule has 1 heterocycles. The van der Waals surface area contributed by atoms with Crippen LogP contribution in [0.1, 0.15) is 49.9 Å². The van der Waals surface area contributed by atoms with Gasteiger partial charge < -0.3 is 5.32 Å². The second-order valence-electron chi connectivity index (χ2n) is 4.63. The third-order valence-corrected chi connectivity index (χ3v) is 3.51. The number of carbonyl (C=O) groups excluding carboxylic acids is 1. The van der Waals surface area contributed by atoms with Gasteiger partial charge in [-0.2, -0.15) is 0 Å². The van der Waals surface area contributed by atoms with Crippen molar-refractivity contribution in [3.05, 3.63) is 28.0 Å². The fraction of sp³-hybridized carbons (Fsp3) is 0.571. The number of hydrogen-bond acceptors (Lipinski definition) is 2. The van der Waals surface area contributed by atoms with Crippen molar-refractivity contribution in [3.8, 4) is 0 Å². The summed E-state index contributed by atoms with van der Waals surface area (Å²) in [6.45, 7) is 5.01. The summed E-state index contributed by atoms with van der Waals surface area (Å²) < 4.78 is 0. The number of pyridine rings is 1. The average molecular weight is 303 g/mol. The van der Waals surface area contributed by atoms with Gasteiger partial charge in [-0.25, -0.2) is 4.98 Å². The highest BCUT2D eigenvalue weighted by Gasteiger charge is 2.11. The molecular formula is C14H20Cl2N2O. The van der Waals surface area contributed by atoms with Crippen LogP contribution in [0.5, 0.6) is 0 Å². The van der Waals surface area contributed by atoms with Crippen molar-refractivity contribution >= 4 is 29.1 Å². The van der Waals surface area contributed by atoms with Crippen molar-refractivity contribution in [2.45, 2.75) is 39.5 Å². The number of halogens is 2. The summed E-state index contributed by atoms with van der Waals surface area (Å²) in [5.41, 5.74) is 0.454. The molecule has 19 heavy (non-hydrogen) atoms. The number of unbranched alkanes of at least 4 members (excludes halogenated alkanes) is 1. The number of rotatable bonds is 7. The quantitative estimate of drug-likeness (QED) is 0.762. The van der Waals surface area contributed by atoms with E-state index in [1.807, 2.05) is 0 Å². The molecule has 1 aromatic rings. The van der Waals surface area contributed by atoms with E-state index in [-0.39, 0.29) is 16.2 Å². The lowest BCUT2D eigenvalue weighted by atomic mass is 9.99. The van der Waals surface area contributed by atoms with E-state index < -0.39 is 0 Å². The van der Waals surface area contributed by atoms with E-state index in [0.29, 0.717) is 18.0 Å². The molecule has 1 amide bonds. The second kappa shape index (κ2) is 8.39. The zero-order chi connectivity index (χ0) is 14.3. The van der Waals surface area contributed by atoms with Gasteiger partial charge in [0, 0.05) is 12.1 Å². The number of carbonyl (C=O) groups is 1. The van der Waals surface area contributed by atoms with Crippen molar-refractivity contribution in [2.24, 2.45) is 5.92 Å². The van der Waals surface area contributed by atoms with Gasteiger partial charge in [-0.15, -0.1) is 0 Å². The molecule has 5 heteroatoms. The monoisotopic (exact) mass is 302 g/mol. The minimum absolute atomic E-state index is 0.152. The predicted octanol–water partition coefficient (Wildman–Crippen LogP) is 4.33. The molecule has 0 radical (unpaired) electrons. The molecule has 0 bridgehead atoms. The fourth-order valence-corrected chi connectivity index (χ4v) is 2.34. The van der Waals surface area contributed by atoms with Crippen LogP contribution >= 0.6 is 23.2 Å². The summed E-state index contributed by atoms with van der Waals surface area (Å²) in [5.74, 6) is 0.373. The number of nitrogens with zero attached hydrogens (tertiary/aromatic N) is 1. The van der Waals surface area contributed by atoms with Crippen molar-refractivity contribution in [2.75, 3.05) is 6.54 Å². The topological polar surface area (TPSA) is 42.0 Å². The molecule has 1 N–H and O–H groups in total. The SMILES string of the molecule is CCCCC(CC)CNC(=O)c1cc(Cl)nc(Cl)c1. The van der Waals surface area contributed by atoms with Crippen LogP contribution in [0, 0.1) is 5.92 Å². The number of aromatic nitrogens is 1. The van der Waals surface area contributed by atoms with Crippen LogP contribution in [0.4, 0.5) is 0 Å². The highest BCUT2D eigenvalue weighted by molar-refractivity contribution is 6.33. The Bertz CT molecular complexity index is 404. The van der Waals surface area contributed by atoms with Crippen LogP contribution in [0.3, 0.4) is 0 Å². The van der Waals surface area contributed by atoms with Crippen LogP contribution in [-0.4, -0.2) is 17.4 Å². The van der Waals surface area contributed by atoms with Crippen LogP contribution < -0.4 is 5.32 Å². The summed E-state index contributed by atoms with van der Waals surface area (Å²) >= 11 is 11.6. The third kappa shape index (κ3) is 5.79. The lowest BCUT2D eigenvalue weighted by Crippen LogP contribution is -2.29. The Balaban J connectivity index is 2.54. The maximum absolute atomic E-state index is 12.0. The zero-order valence-corrected chi connectivity index (χ0v) is 12.9. The predicted molar refractivity (Wildman–Crippen MR) is 79.9 cm³/mol. The van der Waals surface area contributed by atoms with E-state index in [0.717, 1.165) is 12.8 Å². The van der Waals surface area contributed by atoms with E-state index in [9.17, 15) is 4.79 Å². The van der Waals surface area contributed by atoms with E-state index in [1.54, 1.807) is 0 Å². The molecule has 0 spiro atoms. The maximum Gasteiger partial charge on any atom is 0.251 e. The average Bonchev–Trinajstić information content (AvgIpc) is 2.37. The molecule has 1 aromatic heterocycles. The van der Waals surface area contributed by atoms with Crippen molar-refractivity contribution in [3.63, 3.8) is 0 Å². The molecule has 1 atom stereocenters. The third-order valence-electron chi connectivity index (χ3n) is 3.12. The molecule has 0 aliphatic rings. The van der Waals surface area contributed by atoms with Crippen molar-refractivity contribution in [1.82, 2.24) is 10.3 Å². The normalized spacial score (nSPS) is 12.2. The largest absolute Gasteiger partial charge is 0.352 e.